The predicted octanol–water partition coefficient (Wildman–Crippen LogP) is 3.87. The van der Waals surface area contributed by atoms with Crippen LogP contribution in [0.1, 0.15) is 25.2 Å². The van der Waals surface area contributed by atoms with E-state index in [1.807, 2.05) is 13.8 Å². The first-order chi connectivity index (χ1) is 12.5. The summed E-state index contributed by atoms with van der Waals surface area (Å²) in [7, 11) is 4.66. The SMILES string of the molecule is COc1cc(/C=C/c2cc(OCC(C)C)cc(=O)o2)cc(OC)c1OC. The molecule has 0 saturated heterocycles. The second-order valence-electron chi connectivity index (χ2n) is 6.01. The average Bonchev–Trinajstić information content (AvgIpc) is 2.63. The lowest BCUT2D eigenvalue weighted by atomic mass is 10.1. The second-order valence-corrected chi connectivity index (χ2v) is 6.01. The smallest absolute Gasteiger partial charge is 0.339 e. The first-order valence-electron chi connectivity index (χ1n) is 8.23. The van der Waals surface area contributed by atoms with Crippen LogP contribution in [-0.4, -0.2) is 27.9 Å². The summed E-state index contributed by atoms with van der Waals surface area (Å²) in [6.45, 7) is 4.60. The number of ether oxygens (including phenoxy) is 4. The van der Waals surface area contributed by atoms with E-state index in [4.69, 9.17) is 23.4 Å². The molecule has 0 aliphatic heterocycles. The first-order valence-corrected chi connectivity index (χ1v) is 8.23. The average molecular weight is 360 g/mol. The molecule has 0 fully saturated rings. The molecule has 0 amide bonds. The Morgan fingerprint density at radius 1 is 0.962 bits per heavy atom. The van der Waals surface area contributed by atoms with Crippen molar-refractivity contribution in [1.29, 1.82) is 0 Å². The van der Waals surface area contributed by atoms with Gasteiger partial charge in [-0.3, -0.25) is 0 Å². The summed E-state index contributed by atoms with van der Waals surface area (Å²) < 4.78 is 26.8. The van der Waals surface area contributed by atoms with Gasteiger partial charge in [0.25, 0.3) is 0 Å². The first kappa shape index (κ1) is 19.4. The van der Waals surface area contributed by atoms with Gasteiger partial charge < -0.3 is 23.4 Å². The molecule has 1 aromatic carbocycles. The van der Waals surface area contributed by atoms with Crippen LogP contribution in [0.4, 0.5) is 0 Å². The number of rotatable bonds is 8. The quantitative estimate of drug-likeness (QED) is 0.712. The topological polar surface area (TPSA) is 67.1 Å². The molecule has 0 spiro atoms. The Morgan fingerprint density at radius 3 is 2.15 bits per heavy atom. The van der Waals surface area contributed by atoms with E-state index in [0.29, 0.717) is 41.3 Å². The van der Waals surface area contributed by atoms with Crippen LogP contribution in [0.2, 0.25) is 0 Å². The van der Waals surface area contributed by atoms with Crippen molar-refractivity contribution in [3.63, 3.8) is 0 Å². The summed E-state index contributed by atoms with van der Waals surface area (Å²) in [5, 5.41) is 0. The van der Waals surface area contributed by atoms with Gasteiger partial charge in [0.2, 0.25) is 5.75 Å². The molecule has 6 heteroatoms. The third-order valence-corrected chi connectivity index (χ3v) is 3.47. The molecule has 1 heterocycles. The zero-order valence-corrected chi connectivity index (χ0v) is 15.7. The molecule has 0 radical (unpaired) electrons. The summed E-state index contributed by atoms with van der Waals surface area (Å²) in [6, 6.07) is 6.61. The van der Waals surface area contributed by atoms with E-state index in [2.05, 4.69) is 0 Å². The highest BCUT2D eigenvalue weighted by Crippen LogP contribution is 2.38. The number of hydrogen-bond donors (Lipinski definition) is 0. The molecule has 2 rings (SSSR count). The molecule has 140 valence electrons. The van der Waals surface area contributed by atoms with Crippen molar-refractivity contribution < 1.29 is 23.4 Å². The Kier molecular flexibility index (Phi) is 6.72. The minimum atomic E-state index is -0.462. The van der Waals surface area contributed by atoms with Gasteiger partial charge in [0.15, 0.2) is 11.5 Å². The van der Waals surface area contributed by atoms with E-state index in [0.717, 1.165) is 5.56 Å². The molecule has 0 aliphatic rings. The lowest BCUT2D eigenvalue weighted by Crippen LogP contribution is -2.07. The molecular weight excluding hydrogens is 336 g/mol. The van der Waals surface area contributed by atoms with Gasteiger partial charge in [-0.25, -0.2) is 4.79 Å². The van der Waals surface area contributed by atoms with Crippen molar-refractivity contribution in [2.75, 3.05) is 27.9 Å². The zero-order valence-electron chi connectivity index (χ0n) is 15.7. The highest BCUT2D eigenvalue weighted by atomic mass is 16.5. The molecule has 0 unspecified atom stereocenters. The Balaban J connectivity index is 2.30. The van der Waals surface area contributed by atoms with Crippen molar-refractivity contribution >= 4 is 12.2 Å². The molecule has 26 heavy (non-hydrogen) atoms. The molecule has 6 nitrogen and oxygen atoms in total. The highest BCUT2D eigenvalue weighted by molar-refractivity contribution is 5.71. The fraction of sp³-hybridized carbons (Fsp3) is 0.350. The van der Waals surface area contributed by atoms with Crippen LogP contribution in [0.25, 0.3) is 12.2 Å². The monoisotopic (exact) mass is 360 g/mol. The van der Waals surface area contributed by atoms with Gasteiger partial charge in [-0.15, -0.1) is 0 Å². The van der Waals surface area contributed by atoms with Crippen LogP contribution < -0.4 is 24.6 Å². The largest absolute Gasteiger partial charge is 0.493 e. The fourth-order valence-electron chi connectivity index (χ4n) is 2.28. The van der Waals surface area contributed by atoms with Crippen molar-refractivity contribution in [3.8, 4) is 23.0 Å². The summed E-state index contributed by atoms with van der Waals surface area (Å²) in [5.41, 5.74) is 0.339. The molecule has 0 saturated carbocycles. The second kappa shape index (κ2) is 8.99. The van der Waals surface area contributed by atoms with Crippen molar-refractivity contribution in [3.05, 3.63) is 46.0 Å². The Morgan fingerprint density at radius 2 is 1.62 bits per heavy atom. The van der Waals surface area contributed by atoms with E-state index in [9.17, 15) is 4.79 Å². The third-order valence-electron chi connectivity index (χ3n) is 3.47. The maximum atomic E-state index is 11.7. The molecule has 1 aromatic heterocycles. The number of hydrogen-bond acceptors (Lipinski definition) is 6. The minimum absolute atomic E-state index is 0.362. The summed E-state index contributed by atoms with van der Waals surface area (Å²) in [6.07, 6.45) is 3.47. The van der Waals surface area contributed by atoms with Gasteiger partial charge in [-0.1, -0.05) is 19.9 Å². The standard InChI is InChI=1S/C20H24O6/c1-13(2)12-25-16-10-15(26-19(21)11-16)7-6-14-8-17(22-3)20(24-5)18(9-14)23-4/h6-11,13H,12H2,1-5H3/b7-6+. The van der Waals surface area contributed by atoms with Gasteiger partial charge in [-0.2, -0.15) is 0 Å². The van der Waals surface area contributed by atoms with E-state index in [-0.39, 0.29) is 0 Å². The number of benzene rings is 1. The number of methoxy groups -OCH3 is 3. The Hall–Kier alpha value is -2.89. The van der Waals surface area contributed by atoms with E-state index in [1.165, 1.54) is 6.07 Å². The fourth-order valence-corrected chi connectivity index (χ4v) is 2.28. The van der Waals surface area contributed by atoms with E-state index in [1.54, 1.807) is 51.7 Å². The molecule has 0 atom stereocenters. The molecule has 0 bridgehead atoms. The lowest BCUT2D eigenvalue weighted by Gasteiger charge is -2.12. The summed E-state index contributed by atoms with van der Waals surface area (Å²) in [5.74, 6) is 2.84. The predicted molar refractivity (Wildman–Crippen MR) is 100 cm³/mol. The minimum Gasteiger partial charge on any atom is -0.493 e. The van der Waals surface area contributed by atoms with Crippen LogP contribution in [-0.2, 0) is 0 Å². The van der Waals surface area contributed by atoms with E-state index < -0.39 is 5.63 Å². The van der Waals surface area contributed by atoms with Crippen LogP contribution in [0, 0.1) is 5.92 Å². The maximum absolute atomic E-state index is 11.7. The van der Waals surface area contributed by atoms with Crippen LogP contribution in [0.3, 0.4) is 0 Å². The van der Waals surface area contributed by atoms with Gasteiger partial charge >= 0.3 is 5.63 Å². The Bertz CT molecular complexity index is 794. The summed E-state index contributed by atoms with van der Waals surface area (Å²) in [4.78, 5) is 11.7. The van der Waals surface area contributed by atoms with Crippen LogP contribution >= 0.6 is 0 Å². The zero-order chi connectivity index (χ0) is 19.1. The Labute approximate surface area is 153 Å². The molecule has 0 aliphatic carbocycles. The third kappa shape index (κ3) is 5.05. The molecule has 2 aromatic rings. The summed E-state index contributed by atoms with van der Waals surface area (Å²) >= 11 is 0. The maximum Gasteiger partial charge on any atom is 0.339 e. The molecule has 0 N–H and O–H groups in total. The molecular formula is C20H24O6. The normalized spacial score (nSPS) is 11.0. The van der Waals surface area contributed by atoms with Crippen molar-refractivity contribution in [2.24, 2.45) is 5.92 Å². The highest BCUT2D eigenvalue weighted by Gasteiger charge is 2.12. The van der Waals surface area contributed by atoms with E-state index >= 15 is 0 Å². The van der Waals surface area contributed by atoms with Gasteiger partial charge in [0.05, 0.1) is 34.0 Å². The van der Waals surface area contributed by atoms with Gasteiger partial charge in [0.1, 0.15) is 11.5 Å². The van der Waals surface area contributed by atoms with Crippen molar-refractivity contribution in [2.45, 2.75) is 13.8 Å². The van der Waals surface area contributed by atoms with Crippen molar-refractivity contribution in [1.82, 2.24) is 0 Å². The van der Waals surface area contributed by atoms with Crippen LogP contribution in [0.5, 0.6) is 23.0 Å². The van der Waals surface area contributed by atoms with Gasteiger partial charge in [-0.05, 0) is 29.7 Å². The lowest BCUT2D eigenvalue weighted by molar-refractivity contribution is 0.267. The van der Waals surface area contributed by atoms with Crippen LogP contribution in [0.15, 0.2) is 33.5 Å². The van der Waals surface area contributed by atoms with Gasteiger partial charge in [0, 0.05) is 6.07 Å².